The fourth-order valence-electron chi connectivity index (χ4n) is 0. The Bertz CT molecular complexity index is 71.1. The van der Waals surface area contributed by atoms with Gasteiger partial charge in [0, 0.05) is 0 Å². The summed E-state index contributed by atoms with van der Waals surface area (Å²) in [5, 5.41) is 14.8. The Kier molecular flexibility index (Phi) is 22.1. The summed E-state index contributed by atoms with van der Waals surface area (Å²) in [6, 6.07) is 0. The molecule has 0 atom stereocenters. The molecule has 0 aromatic carbocycles. The molecule has 0 aromatic heterocycles. The van der Waals surface area contributed by atoms with Gasteiger partial charge in [-0.3, -0.25) is 0 Å². The summed E-state index contributed by atoms with van der Waals surface area (Å²) in [5.74, 6) is 0. The van der Waals surface area contributed by atoms with E-state index in [2.05, 4.69) is 0 Å². The molecule has 2 N–H and O–H groups in total. The predicted octanol–water partition coefficient (Wildman–Crippen LogP) is -2.39. The van der Waals surface area contributed by atoms with Crippen LogP contribution in [-0.4, -0.2) is 61.3 Å². The second-order valence-corrected chi connectivity index (χ2v) is 1.39. The number of nitrogens with zero attached hydrogens (tertiary/aromatic N) is 1. The van der Waals surface area contributed by atoms with Crippen LogP contribution in [0.3, 0.4) is 0 Å². The molecule has 0 fully saturated rings. The van der Waals surface area contributed by atoms with Crippen LogP contribution < -0.4 is 0 Å². The third-order valence-corrected chi connectivity index (χ3v) is 0. The van der Waals surface area contributed by atoms with E-state index in [1.165, 1.54) is 0 Å². The van der Waals surface area contributed by atoms with Crippen LogP contribution in [0.1, 0.15) is 0 Å². The van der Waals surface area contributed by atoms with E-state index in [9.17, 15) is 0 Å². The first-order valence-electron chi connectivity index (χ1n) is 1.20. The molecule has 0 bridgehead atoms. The van der Waals surface area contributed by atoms with Crippen LogP contribution in [0.15, 0.2) is 0 Å². The molecule has 0 heterocycles. The van der Waals surface area contributed by atoms with Crippen molar-refractivity contribution in [1.82, 2.24) is 0 Å². The van der Waals surface area contributed by atoms with Gasteiger partial charge in [-0.2, -0.15) is 0 Å². The van der Waals surface area contributed by atoms with Gasteiger partial charge < -0.3 is 15.3 Å². The van der Waals surface area contributed by atoms with Crippen LogP contribution in [0.4, 0.5) is 0 Å². The molecule has 0 saturated heterocycles. The second-order valence-electron chi connectivity index (χ2n) is 0.506. The molecule has 9 heteroatoms. The van der Waals surface area contributed by atoms with Gasteiger partial charge in [0.15, 0.2) is 0 Å². The van der Waals surface area contributed by atoms with Gasteiger partial charge in [0.1, 0.15) is 0 Å². The van der Waals surface area contributed by atoms with Gasteiger partial charge in [-0.05, 0) is 0 Å². The normalized spacial score (nSPS) is 5.56. The van der Waals surface area contributed by atoms with Gasteiger partial charge in [0.05, 0.1) is 5.09 Å². The average molecular weight is 299 g/mol. The van der Waals surface area contributed by atoms with E-state index in [0.717, 1.165) is 0 Å². The van der Waals surface area contributed by atoms with Crippen LogP contribution in [0, 0.1) is 15.3 Å². The summed E-state index contributed by atoms with van der Waals surface area (Å²) in [4.78, 5) is 8.25. The maximum atomic E-state index is 8.81. The zero-order valence-electron chi connectivity index (χ0n) is 3.47. The number of hydrogen-bond donors (Lipinski definition) is 2. The molecular weight excluding hydrogens is 295 g/mol. The topological polar surface area (TPSA) is 124 Å². The summed E-state index contributed by atoms with van der Waals surface area (Å²) in [6.45, 7) is 0. The van der Waals surface area contributed by atoms with Gasteiger partial charge in [-0.1, -0.05) is 0 Å². The Hall–Kier alpha value is 1.21. The van der Waals surface area contributed by atoms with E-state index in [4.69, 9.17) is 26.0 Å². The fourth-order valence-corrected chi connectivity index (χ4v) is 0. The van der Waals surface area contributed by atoms with Gasteiger partial charge in [0.2, 0.25) is 0 Å². The molecule has 7 nitrogen and oxygen atoms in total. The van der Waals surface area contributed by atoms with Crippen LogP contribution >= 0.6 is 0 Å². The summed E-state index contributed by atoms with van der Waals surface area (Å²) in [7, 11) is 0. The zero-order chi connectivity index (χ0) is 7.15. The average Bonchev–Trinajstić information content (AvgIpc) is 1.25. The van der Waals surface area contributed by atoms with Crippen molar-refractivity contribution >= 4 is 48.9 Å². The van der Waals surface area contributed by atoms with Crippen molar-refractivity contribution < 1.29 is 34.4 Å². The van der Waals surface area contributed by atoms with E-state index >= 15 is 0 Å². The van der Waals surface area contributed by atoms with Gasteiger partial charge in [-0.25, -0.2) is 0 Å². The van der Waals surface area contributed by atoms with E-state index in [1.54, 1.807) is 0 Å². The van der Waals surface area contributed by atoms with Crippen LogP contribution in [0.25, 0.3) is 0 Å². The first-order valence-corrected chi connectivity index (χ1v) is 3.23. The van der Waals surface area contributed by atoms with E-state index in [1.807, 2.05) is 0 Å². The summed E-state index contributed by atoms with van der Waals surface area (Å²) in [5.41, 5.74) is 0. The molecule has 0 saturated carbocycles. The molecule has 9 heavy (non-hydrogen) atoms. The minimum atomic E-state index is -3.58. The van der Waals surface area contributed by atoms with Crippen molar-refractivity contribution in [3.05, 3.63) is 15.3 Å². The first-order chi connectivity index (χ1) is 3.46. The Morgan fingerprint density at radius 3 is 1.33 bits per heavy atom. The molecule has 0 aliphatic heterocycles. The van der Waals surface area contributed by atoms with Crippen molar-refractivity contribution in [3.63, 3.8) is 0 Å². The summed E-state index contributed by atoms with van der Waals surface area (Å²) >= 11 is -3.58. The molecule has 0 spiro atoms. The predicted molar refractivity (Wildman–Crippen MR) is 24.0 cm³/mol. The summed E-state index contributed by atoms with van der Waals surface area (Å²) in [6.07, 6.45) is 0. The molecule has 0 amide bonds. The Morgan fingerprint density at radius 1 is 1.33 bits per heavy atom. The van der Waals surface area contributed by atoms with Crippen molar-refractivity contribution in [2.75, 3.05) is 0 Å². The Labute approximate surface area is 97.0 Å². The molecule has 0 aliphatic carbocycles. The number of hydrogen-bond acceptors (Lipinski definition) is 4. The number of rotatable bonds is 0. The third kappa shape index (κ3) is 329. The van der Waals surface area contributed by atoms with Crippen molar-refractivity contribution in [1.29, 1.82) is 0 Å². The maximum absolute atomic E-state index is 8.81. The fraction of sp³-hybridized carbons (Fsp3) is 0. The van der Waals surface area contributed by atoms with Gasteiger partial charge in [-0.15, -0.1) is 0 Å². The summed E-state index contributed by atoms with van der Waals surface area (Å²) < 4.78 is 23.2. The van der Waals surface area contributed by atoms with Crippen molar-refractivity contribution in [2.24, 2.45) is 0 Å². The molecule has 0 aromatic rings. The molecule has 0 radical (unpaired) electrons. The SMILES string of the molecule is O=[N+]([O-])[O-].[BaH2].[O]=[Ti]([OH])[OH]. The van der Waals surface area contributed by atoms with Gasteiger partial charge in [0.25, 0.3) is 0 Å². The van der Waals surface area contributed by atoms with Crippen molar-refractivity contribution in [2.45, 2.75) is 0 Å². The standard InChI is InChI=1S/Ba.NO3.2H2O.O.Ti.2H/c;2-1(3)4;;;;;;/h;;2*1H2;;;;/q;-1;;;;+2;;/p-2. The van der Waals surface area contributed by atoms with E-state index in [-0.39, 0.29) is 48.9 Å². The molecular formula is H4BaNO6Ti-. The zero-order valence-corrected chi connectivity index (χ0v) is 5.04. The molecule has 0 rings (SSSR count). The Morgan fingerprint density at radius 2 is 1.33 bits per heavy atom. The minimum absolute atomic E-state index is 0. The van der Waals surface area contributed by atoms with Gasteiger partial charge >= 0.3 is 78.2 Å². The third-order valence-electron chi connectivity index (χ3n) is 0. The van der Waals surface area contributed by atoms with E-state index in [0.29, 0.717) is 0 Å². The monoisotopic (exact) mass is 300 g/mol. The second kappa shape index (κ2) is 11.9. The van der Waals surface area contributed by atoms with Crippen LogP contribution in [-0.2, 0) is 21.9 Å². The quantitative estimate of drug-likeness (QED) is 0.292. The molecule has 0 unspecified atom stereocenters. The Balaban J connectivity index is -0.0000000720. The van der Waals surface area contributed by atoms with Crippen LogP contribution in [0.5, 0.6) is 0 Å². The van der Waals surface area contributed by atoms with Crippen LogP contribution in [0.2, 0.25) is 0 Å². The van der Waals surface area contributed by atoms with E-state index < -0.39 is 23.7 Å². The first kappa shape index (κ1) is 16.7. The molecule has 52 valence electrons. The van der Waals surface area contributed by atoms with Crippen molar-refractivity contribution in [3.8, 4) is 0 Å². The molecule has 0 aliphatic rings.